The zero-order chi connectivity index (χ0) is 13.4. The van der Waals surface area contributed by atoms with Gasteiger partial charge in [-0.25, -0.2) is 9.50 Å². The van der Waals surface area contributed by atoms with Gasteiger partial charge in [-0.1, -0.05) is 6.07 Å². The Morgan fingerprint density at radius 2 is 2.21 bits per heavy atom. The van der Waals surface area contributed by atoms with Gasteiger partial charge in [0, 0.05) is 6.42 Å². The van der Waals surface area contributed by atoms with Crippen LogP contribution >= 0.6 is 0 Å². The number of nitrogens with zero attached hydrogens (tertiary/aromatic N) is 3. The highest BCUT2D eigenvalue weighted by atomic mass is 16.2. The predicted octanol–water partition coefficient (Wildman–Crippen LogP) is 0.0620. The fourth-order valence-corrected chi connectivity index (χ4v) is 2.23. The number of piperidine rings is 1. The number of amides is 2. The summed E-state index contributed by atoms with van der Waals surface area (Å²) in [7, 11) is 0. The minimum Gasteiger partial charge on any atom is -0.296 e. The number of nitrogens with one attached hydrogen (secondary N) is 1. The lowest BCUT2D eigenvalue weighted by atomic mass is 9.94. The Morgan fingerprint density at radius 1 is 1.37 bits per heavy atom. The number of imide groups is 1. The van der Waals surface area contributed by atoms with Crippen molar-refractivity contribution in [3.8, 4) is 0 Å². The van der Waals surface area contributed by atoms with E-state index in [1.165, 1.54) is 4.52 Å². The Hall–Kier alpha value is -2.57. The van der Waals surface area contributed by atoms with Crippen LogP contribution in [-0.4, -0.2) is 32.7 Å². The standard InChI is InChI=1S/C12H10N4O3/c17-6-9-13-10-3-1-2-8(16(10)15-9)7-4-5-11(18)14-12(7)19/h1-3,6-7H,4-5H2,(H,14,18,19). The molecule has 1 N–H and O–H groups in total. The average molecular weight is 258 g/mol. The molecule has 7 heteroatoms. The maximum Gasteiger partial charge on any atom is 0.235 e. The van der Waals surface area contributed by atoms with Gasteiger partial charge in [0.05, 0.1) is 11.6 Å². The maximum absolute atomic E-state index is 11.9. The Kier molecular flexibility index (Phi) is 2.59. The van der Waals surface area contributed by atoms with Crippen LogP contribution in [0.2, 0.25) is 0 Å². The first kappa shape index (κ1) is 11.5. The summed E-state index contributed by atoms with van der Waals surface area (Å²) in [5, 5.41) is 6.34. The number of pyridine rings is 1. The summed E-state index contributed by atoms with van der Waals surface area (Å²) in [5.41, 5.74) is 1.13. The van der Waals surface area contributed by atoms with Crippen LogP contribution in [0.25, 0.3) is 5.65 Å². The van der Waals surface area contributed by atoms with Gasteiger partial charge in [-0.05, 0) is 18.6 Å². The van der Waals surface area contributed by atoms with Gasteiger partial charge in [-0.2, -0.15) is 0 Å². The van der Waals surface area contributed by atoms with Gasteiger partial charge < -0.3 is 0 Å². The molecule has 2 amide bonds. The van der Waals surface area contributed by atoms with Crippen LogP contribution in [0.3, 0.4) is 0 Å². The van der Waals surface area contributed by atoms with Crippen LogP contribution in [0.1, 0.15) is 35.1 Å². The number of aldehydes is 1. The lowest BCUT2D eigenvalue weighted by Gasteiger charge is -2.21. The van der Waals surface area contributed by atoms with Gasteiger partial charge >= 0.3 is 0 Å². The first-order chi connectivity index (χ1) is 9.19. The molecule has 0 aliphatic carbocycles. The molecule has 0 bridgehead atoms. The minimum atomic E-state index is -0.456. The Morgan fingerprint density at radius 3 is 2.95 bits per heavy atom. The molecule has 96 valence electrons. The highest BCUT2D eigenvalue weighted by Gasteiger charge is 2.30. The topological polar surface area (TPSA) is 93.4 Å². The molecule has 19 heavy (non-hydrogen) atoms. The predicted molar refractivity (Wildman–Crippen MR) is 63.5 cm³/mol. The van der Waals surface area contributed by atoms with Crippen LogP contribution in [0.5, 0.6) is 0 Å². The zero-order valence-electron chi connectivity index (χ0n) is 9.87. The number of aromatic nitrogens is 3. The van der Waals surface area contributed by atoms with Crippen molar-refractivity contribution >= 4 is 23.7 Å². The molecule has 2 aromatic heterocycles. The molecule has 3 rings (SSSR count). The fourth-order valence-electron chi connectivity index (χ4n) is 2.23. The number of hydrogen-bond donors (Lipinski definition) is 1. The van der Waals surface area contributed by atoms with E-state index >= 15 is 0 Å². The molecule has 3 heterocycles. The number of carbonyl (C=O) groups is 3. The van der Waals surface area contributed by atoms with Gasteiger partial charge in [0.1, 0.15) is 0 Å². The first-order valence-corrected chi connectivity index (χ1v) is 5.83. The summed E-state index contributed by atoms with van der Waals surface area (Å²) in [6.07, 6.45) is 1.28. The lowest BCUT2D eigenvalue weighted by molar-refractivity contribution is -0.134. The smallest absolute Gasteiger partial charge is 0.235 e. The molecular formula is C12H10N4O3. The van der Waals surface area contributed by atoms with E-state index in [4.69, 9.17) is 0 Å². The number of hydrogen-bond acceptors (Lipinski definition) is 5. The van der Waals surface area contributed by atoms with Gasteiger partial charge in [-0.15, -0.1) is 5.10 Å². The van der Waals surface area contributed by atoms with E-state index in [-0.39, 0.29) is 17.6 Å². The second kappa shape index (κ2) is 4.27. The van der Waals surface area contributed by atoms with Crippen molar-refractivity contribution in [1.29, 1.82) is 0 Å². The highest BCUT2D eigenvalue weighted by molar-refractivity contribution is 6.00. The van der Waals surface area contributed by atoms with E-state index in [0.29, 0.717) is 30.5 Å². The number of rotatable bonds is 2. The monoisotopic (exact) mass is 258 g/mol. The Labute approximate surface area is 107 Å². The SMILES string of the molecule is O=Cc1nc2cccc(C3CCC(=O)NC3=O)n2n1. The van der Waals surface area contributed by atoms with E-state index in [2.05, 4.69) is 15.4 Å². The van der Waals surface area contributed by atoms with Gasteiger partial charge in [0.25, 0.3) is 0 Å². The quantitative estimate of drug-likeness (QED) is 0.607. The summed E-state index contributed by atoms with van der Waals surface area (Å²) < 4.78 is 1.48. The van der Waals surface area contributed by atoms with Crippen LogP contribution < -0.4 is 5.32 Å². The maximum atomic E-state index is 11.9. The summed E-state index contributed by atoms with van der Waals surface area (Å²) in [4.78, 5) is 37.7. The Balaban J connectivity index is 2.09. The number of fused-ring (bicyclic) bond motifs is 1. The molecule has 1 aliphatic heterocycles. The first-order valence-electron chi connectivity index (χ1n) is 5.83. The fraction of sp³-hybridized carbons (Fsp3) is 0.250. The van der Waals surface area contributed by atoms with E-state index < -0.39 is 5.92 Å². The summed E-state index contributed by atoms with van der Waals surface area (Å²) in [6, 6.07) is 5.20. The minimum absolute atomic E-state index is 0.0692. The van der Waals surface area contributed by atoms with E-state index in [0.717, 1.165) is 0 Å². The van der Waals surface area contributed by atoms with Crippen molar-refractivity contribution in [1.82, 2.24) is 19.9 Å². The molecule has 1 fully saturated rings. The molecule has 1 atom stereocenters. The second-order valence-corrected chi connectivity index (χ2v) is 4.31. The third-order valence-electron chi connectivity index (χ3n) is 3.11. The van der Waals surface area contributed by atoms with Gasteiger partial charge in [-0.3, -0.25) is 19.7 Å². The largest absolute Gasteiger partial charge is 0.296 e. The van der Waals surface area contributed by atoms with Gasteiger partial charge in [0.2, 0.25) is 17.6 Å². The third-order valence-corrected chi connectivity index (χ3v) is 3.11. The van der Waals surface area contributed by atoms with Crippen LogP contribution in [-0.2, 0) is 9.59 Å². The second-order valence-electron chi connectivity index (χ2n) is 4.31. The van der Waals surface area contributed by atoms with Crippen LogP contribution in [0.4, 0.5) is 0 Å². The summed E-state index contributed by atoms with van der Waals surface area (Å²) in [6.45, 7) is 0. The summed E-state index contributed by atoms with van der Waals surface area (Å²) in [5.74, 6) is -0.991. The molecule has 0 saturated carbocycles. The molecule has 0 radical (unpaired) electrons. The van der Waals surface area contributed by atoms with Crippen molar-refractivity contribution in [3.63, 3.8) is 0 Å². The molecule has 2 aromatic rings. The lowest BCUT2D eigenvalue weighted by Crippen LogP contribution is -2.40. The molecule has 7 nitrogen and oxygen atoms in total. The third kappa shape index (κ3) is 1.88. The van der Waals surface area contributed by atoms with E-state index in [1.807, 2.05) is 0 Å². The molecular weight excluding hydrogens is 248 g/mol. The van der Waals surface area contributed by atoms with Crippen molar-refractivity contribution < 1.29 is 14.4 Å². The Bertz CT molecular complexity index is 691. The van der Waals surface area contributed by atoms with E-state index in [9.17, 15) is 14.4 Å². The normalized spacial score (nSPS) is 19.5. The van der Waals surface area contributed by atoms with Gasteiger partial charge in [0.15, 0.2) is 11.9 Å². The van der Waals surface area contributed by atoms with Crippen LogP contribution in [0.15, 0.2) is 18.2 Å². The van der Waals surface area contributed by atoms with Crippen LogP contribution in [0, 0.1) is 0 Å². The summed E-state index contributed by atoms with van der Waals surface area (Å²) >= 11 is 0. The molecule has 1 aliphatic rings. The van der Waals surface area contributed by atoms with Crippen molar-refractivity contribution in [2.75, 3.05) is 0 Å². The highest BCUT2D eigenvalue weighted by Crippen LogP contribution is 2.24. The van der Waals surface area contributed by atoms with E-state index in [1.54, 1.807) is 18.2 Å². The molecule has 1 saturated heterocycles. The molecule has 0 aromatic carbocycles. The van der Waals surface area contributed by atoms with Crippen molar-refractivity contribution in [2.45, 2.75) is 18.8 Å². The van der Waals surface area contributed by atoms with Crippen molar-refractivity contribution in [2.24, 2.45) is 0 Å². The average Bonchev–Trinajstić information content (AvgIpc) is 2.82. The molecule has 1 unspecified atom stereocenters. The zero-order valence-corrected chi connectivity index (χ0v) is 9.87. The number of carbonyl (C=O) groups excluding carboxylic acids is 3. The molecule has 0 spiro atoms. The van der Waals surface area contributed by atoms with Crippen molar-refractivity contribution in [3.05, 3.63) is 29.7 Å².